The van der Waals surface area contributed by atoms with Gasteiger partial charge in [0.25, 0.3) is 0 Å². The topological polar surface area (TPSA) is 6.48 Å². The molecule has 0 fully saturated rings. The van der Waals surface area contributed by atoms with E-state index in [4.69, 9.17) is 0 Å². The summed E-state index contributed by atoms with van der Waals surface area (Å²) >= 11 is 6.70. The molecule has 0 aliphatic rings. The average molecular weight is 418 g/mol. The van der Waals surface area contributed by atoms with Gasteiger partial charge in [0.2, 0.25) is 0 Å². The minimum atomic E-state index is -1.38. The van der Waals surface area contributed by atoms with E-state index in [0.717, 1.165) is 26.2 Å². The van der Waals surface area contributed by atoms with Crippen LogP contribution in [0.5, 0.6) is 0 Å². The Balaban J connectivity index is 5.17. The summed E-state index contributed by atoms with van der Waals surface area (Å²) < 4.78 is 4.92. The Morgan fingerprint density at radius 3 is 1.11 bits per heavy atom. The molecule has 0 heterocycles. The van der Waals surface area contributed by atoms with Crippen LogP contribution in [0.2, 0.25) is 0 Å². The summed E-state index contributed by atoms with van der Waals surface area (Å²) in [6.45, 7) is 17.6. The second-order valence-electron chi connectivity index (χ2n) is 4.26. The molecule has 2 nitrogen and oxygen atoms in total. The summed E-state index contributed by atoms with van der Waals surface area (Å²) in [4.78, 5) is 0. The molecule has 0 bridgehead atoms. The van der Waals surface area contributed by atoms with Crippen LogP contribution in [0, 0.1) is 11.3 Å². The van der Waals surface area contributed by atoms with Crippen LogP contribution in [-0.2, 0) is 0 Å². The SMILES string of the molecule is CCN(CC)P(C)(=[Se])C#CP(C)(=[Se])N(CC)CC. The van der Waals surface area contributed by atoms with Crippen LogP contribution in [0.1, 0.15) is 27.7 Å². The zero-order valence-electron chi connectivity index (χ0n) is 12.4. The summed E-state index contributed by atoms with van der Waals surface area (Å²) in [6.07, 6.45) is 0. The first-order valence-electron chi connectivity index (χ1n) is 6.45. The van der Waals surface area contributed by atoms with Crippen molar-refractivity contribution in [3.8, 4) is 11.3 Å². The molecule has 0 aromatic carbocycles. The van der Waals surface area contributed by atoms with E-state index in [9.17, 15) is 0 Å². The third-order valence-corrected chi connectivity index (χ3v) is 11.6. The van der Waals surface area contributed by atoms with Gasteiger partial charge in [-0.1, -0.05) is 0 Å². The number of hydrogen-bond donors (Lipinski definition) is 0. The van der Waals surface area contributed by atoms with Crippen LogP contribution in [0.3, 0.4) is 0 Å². The van der Waals surface area contributed by atoms with E-state index in [-0.39, 0.29) is 0 Å². The van der Waals surface area contributed by atoms with Gasteiger partial charge < -0.3 is 0 Å². The van der Waals surface area contributed by atoms with E-state index in [2.05, 4.69) is 91.9 Å². The molecule has 106 valence electrons. The molecule has 6 heteroatoms. The van der Waals surface area contributed by atoms with Crippen molar-refractivity contribution in [1.82, 2.24) is 9.34 Å². The molecular weight excluding hydrogens is 392 g/mol. The van der Waals surface area contributed by atoms with Gasteiger partial charge in [-0.25, -0.2) is 0 Å². The van der Waals surface area contributed by atoms with Gasteiger partial charge in [0.15, 0.2) is 0 Å². The van der Waals surface area contributed by atoms with Crippen LogP contribution >= 0.6 is 11.3 Å². The summed E-state index contributed by atoms with van der Waals surface area (Å²) in [7, 11) is 0. The minimum absolute atomic E-state index is 1.07. The fourth-order valence-corrected chi connectivity index (χ4v) is 10.2. The first-order valence-corrected chi connectivity index (χ1v) is 15.3. The Kier molecular flexibility index (Phi) is 9.28. The van der Waals surface area contributed by atoms with Gasteiger partial charge in [-0.3, -0.25) is 0 Å². The first kappa shape index (κ1) is 19.4. The normalized spacial score (nSPS) is 18.0. The predicted octanol–water partition coefficient (Wildman–Crippen LogP) is 2.88. The van der Waals surface area contributed by atoms with E-state index in [0.29, 0.717) is 0 Å². The van der Waals surface area contributed by atoms with Crippen molar-refractivity contribution < 1.29 is 0 Å². The standard InChI is InChI=1S/C12H26N2P2Se2/c1-7-13(8-2)15(5,17)11-12-16(6,18)14(9-3)10-4/h7-10H2,1-6H3. The fraction of sp³-hybridized carbons (Fsp3) is 0.833. The van der Waals surface area contributed by atoms with Crippen molar-refractivity contribution in [3.63, 3.8) is 0 Å². The van der Waals surface area contributed by atoms with Gasteiger partial charge in [-0.15, -0.1) is 0 Å². The number of rotatable bonds is 6. The Bertz CT molecular complexity index is 368. The summed E-state index contributed by atoms with van der Waals surface area (Å²) in [5.74, 6) is 0. The molecule has 0 aliphatic carbocycles. The van der Waals surface area contributed by atoms with Crippen LogP contribution in [0.15, 0.2) is 0 Å². The quantitative estimate of drug-likeness (QED) is 0.372. The second kappa shape index (κ2) is 8.62. The van der Waals surface area contributed by atoms with Crippen molar-refractivity contribution in [2.75, 3.05) is 39.5 Å². The van der Waals surface area contributed by atoms with Crippen molar-refractivity contribution in [2.24, 2.45) is 0 Å². The molecule has 0 rings (SSSR count). The van der Waals surface area contributed by atoms with E-state index < -0.39 is 11.3 Å². The van der Waals surface area contributed by atoms with Crippen molar-refractivity contribution >= 4 is 41.5 Å². The molecule has 0 amide bonds. The molecule has 0 radical (unpaired) electrons. The van der Waals surface area contributed by atoms with Crippen LogP contribution in [0.4, 0.5) is 0 Å². The Morgan fingerprint density at radius 2 is 0.944 bits per heavy atom. The van der Waals surface area contributed by atoms with Crippen LogP contribution in [-0.4, -0.2) is 79.0 Å². The number of hydrogen-bond acceptors (Lipinski definition) is 2. The van der Waals surface area contributed by atoms with E-state index >= 15 is 0 Å². The van der Waals surface area contributed by atoms with Crippen molar-refractivity contribution in [1.29, 1.82) is 0 Å². The third-order valence-electron chi connectivity index (χ3n) is 3.00. The monoisotopic (exact) mass is 420 g/mol. The van der Waals surface area contributed by atoms with E-state index in [1.54, 1.807) is 0 Å². The molecule has 2 atom stereocenters. The molecule has 0 spiro atoms. The summed E-state index contributed by atoms with van der Waals surface area (Å²) in [5, 5.41) is 0. The summed E-state index contributed by atoms with van der Waals surface area (Å²) in [5.41, 5.74) is 4.35. The predicted molar refractivity (Wildman–Crippen MR) is 90.8 cm³/mol. The Morgan fingerprint density at radius 1 is 0.722 bits per heavy atom. The first-order chi connectivity index (χ1) is 8.25. The maximum absolute atomic E-state index is 3.56. The Hall–Kier alpha value is 1.38. The van der Waals surface area contributed by atoms with Gasteiger partial charge in [-0.05, 0) is 0 Å². The van der Waals surface area contributed by atoms with Gasteiger partial charge in [-0.2, -0.15) is 0 Å². The Labute approximate surface area is 129 Å². The summed E-state index contributed by atoms with van der Waals surface area (Å²) in [6, 6.07) is 0. The molecule has 18 heavy (non-hydrogen) atoms. The second-order valence-corrected chi connectivity index (χ2v) is 18.3. The maximum atomic E-state index is 3.56. The molecule has 2 unspecified atom stereocenters. The van der Waals surface area contributed by atoms with Gasteiger partial charge in [0, 0.05) is 0 Å². The average Bonchev–Trinajstić information content (AvgIpc) is 2.29. The molecule has 0 saturated heterocycles. The van der Waals surface area contributed by atoms with Crippen LogP contribution in [0.25, 0.3) is 0 Å². The zero-order chi connectivity index (χ0) is 14.4. The third kappa shape index (κ3) is 5.79. The van der Waals surface area contributed by atoms with Crippen molar-refractivity contribution in [2.45, 2.75) is 27.7 Å². The van der Waals surface area contributed by atoms with Crippen molar-refractivity contribution in [3.05, 3.63) is 0 Å². The molecule has 0 aliphatic heterocycles. The fourth-order valence-electron chi connectivity index (χ4n) is 1.85. The van der Waals surface area contributed by atoms with Crippen LogP contribution < -0.4 is 0 Å². The van der Waals surface area contributed by atoms with Gasteiger partial charge in [0.05, 0.1) is 0 Å². The van der Waals surface area contributed by atoms with E-state index in [1.807, 2.05) is 0 Å². The van der Waals surface area contributed by atoms with E-state index in [1.165, 1.54) is 0 Å². The molecule has 0 aromatic heterocycles. The van der Waals surface area contributed by atoms with Gasteiger partial charge >= 0.3 is 129 Å². The molecular formula is C12H26N2P2Se2. The molecule has 0 saturated carbocycles. The van der Waals surface area contributed by atoms with Gasteiger partial charge in [0.1, 0.15) is 0 Å². The molecule has 0 N–H and O–H groups in total. The molecule has 0 aromatic rings. The zero-order valence-corrected chi connectivity index (χ0v) is 17.6. The number of nitrogens with zero attached hydrogens (tertiary/aromatic N) is 2.